The lowest BCUT2D eigenvalue weighted by Crippen LogP contribution is -2.64. The fraction of sp³-hybridized carbons (Fsp3) is 0.727. The number of pyridine rings is 1. The third-order valence-corrected chi connectivity index (χ3v) is 13.5. The predicted molar refractivity (Wildman–Crippen MR) is 221 cm³/mol. The third kappa shape index (κ3) is 9.17. The van der Waals surface area contributed by atoms with Crippen molar-refractivity contribution in [3.05, 3.63) is 42.1 Å². The largest absolute Gasteiger partial charge is 0.456 e. The Morgan fingerprint density at radius 2 is 1.76 bits per heavy atom. The summed E-state index contributed by atoms with van der Waals surface area (Å²) < 4.78 is 47.8. The Labute approximate surface area is 349 Å². The van der Waals surface area contributed by atoms with E-state index in [0.717, 1.165) is 29.8 Å². The molecule has 0 radical (unpaired) electrons. The highest BCUT2D eigenvalue weighted by molar-refractivity contribution is 6.07. The molecule has 0 bridgehead atoms. The topological polar surface area (TPSA) is 166 Å². The first-order chi connectivity index (χ1) is 27.6. The van der Waals surface area contributed by atoms with Crippen molar-refractivity contribution < 1.29 is 47.6 Å². The molecule has 1 aromatic heterocycles. The number of carbonyl (C=O) groups is 3. The van der Waals surface area contributed by atoms with Gasteiger partial charge in [-0.05, 0) is 104 Å². The van der Waals surface area contributed by atoms with Crippen LogP contribution in [0, 0.1) is 17.8 Å². The first kappa shape index (κ1) is 46.8. The summed E-state index contributed by atoms with van der Waals surface area (Å²) in [6.45, 7) is 16.0. The monoisotopic (exact) mass is 830 g/mol. The summed E-state index contributed by atoms with van der Waals surface area (Å²) in [5.41, 5.74) is 3.30. The molecule has 0 aliphatic carbocycles. The SMILES string of the molecule is CCN(CCCc1cccc2ncccc12)N1C(=O)O[C@]2(C)[C@@H](C)OC(=O)C(C)(F)C(=O)[C@H](C)[C@@H](O[C@@H]3O[C@H](C)C[C@H](N(C)C)[C@H]3O)[C@@](C)(OC)C[C@@H](C)C(N)[C@H](C)[C@@H]12. The van der Waals surface area contributed by atoms with E-state index in [-0.39, 0.29) is 24.5 Å². The van der Waals surface area contributed by atoms with E-state index in [9.17, 15) is 19.5 Å². The van der Waals surface area contributed by atoms with Gasteiger partial charge >= 0.3 is 12.1 Å². The molecular weight excluding hydrogens is 762 g/mol. The van der Waals surface area contributed by atoms with E-state index in [1.807, 2.05) is 76.0 Å². The first-order valence-electron chi connectivity index (χ1n) is 21.1. The number of cyclic esters (lactones) is 1. The zero-order chi connectivity index (χ0) is 43.8. The summed E-state index contributed by atoms with van der Waals surface area (Å²) in [5.74, 6) is -4.64. The summed E-state index contributed by atoms with van der Waals surface area (Å²) in [6, 6.07) is 8.30. The maximum absolute atomic E-state index is 16.9. The van der Waals surface area contributed by atoms with E-state index in [4.69, 9.17) is 29.4 Å². The van der Waals surface area contributed by atoms with Gasteiger partial charge in [0, 0.05) is 49.8 Å². The number of Topliss-reactive ketones (excluding diaryl/α,β-unsaturated/α-hetero) is 1. The van der Waals surface area contributed by atoms with Crippen molar-refractivity contribution in [3.8, 4) is 0 Å². The first-order valence-corrected chi connectivity index (χ1v) is 21.1. The van der Waals surface area contributed by atoms with Gasteiger partial charge in [0.25, 0.3) is 5.67 Å². The van der Waals surface area contributed by atoms with Crippen LogP contribution >= 0.6 is 0 Å². The lowest BCUT2D eigenvalue weighted by atomic mass is 9.72. The number of fused-ring (bicyclic) bond motifs is 2. The van der Waals surface area contributed by atoms with Crippen LogP contribution in [-0.4, -0.2) is 143 Å². The Balaban J connectivity index is 1.51. The number of aromatic nitrogens is 1. The van der Waals surface area contributed by atoms with E-state index in [1.165, 1.54) is 14.0 Å². The van der Waals surface area contributed by atoms with Gasteiger partial charge in [0.1, 0.15) is 12.2 Å². The number of aryl methyl sites for hydroxylation is 1. The van der Waals surface area contributed by atoms with Crippen molar-refractivity contribution in [1.82, 2.24) is 19.9 Å². The summed E-state index contributed by atoms with van der Waals surface area (Å²) in [6.07, 6.45) is -1.75. The molecule has 3 saturated heterocycles. The summed E-state index contributed by atoms with van der Waals surface area (Å²) >= 11 is 0. The fourth-order valence-corrected chi connectivity index (χ4v) is 9.73. The van der Waals surface area contributed by atoms with Crippen LogP contribution in [0.25, 0.3) is 10.9 Å². The number of hydrazine groups is 1. The minimum atomic E-state index is -3.14. The number of aliphatic hydroxyl groups excluding tert-OH is 1. The molecule has 3 N–H and O–H groups in total. The van der Waals surface area contributed by atoms with E-state index >= 15 is 4.39 Å². The molecule has 0 saturated carbocycles. The number of aliphatic hydroxyl groups is 1. The standard InChI is InChI=1S/C44H68FN5O9/c1-13-49(22-16-18-30-17-14-20-32-31(30)19-15-21-47-32)50-36-27(4)34(46)25(2)24-42(7,55-12)38(58-39-35(51)33(48(10)11)23-26(3)56-39)28(5)37(52)43(8,45)40(53)57-29(6)44(36,9)59-41(50)54/h14-15,17,19-21,25-29,33-36,38-39,51H,13,16,18,22-24,46H2,1-12H3/t25-,26-,27+,28+,29-,33+,34?,35-,36-,38-,39+,42+,43?,44-/m1/s1. The summed E-state index contributed by atoms with van der Waals surface area (Å²) in [7, 11) is 5.17. The van der Waals surface area contributed by atoms with Crippen LogP contribution in [0.4, 0.5) is 9.18 Å². The van der Waals surface area contributed by atoms with Gasteiger partial charge in [-0.3, -0.25) is 9.78 Å². The van der Waals surface area contributed by atoms with Crippen molar-refractivity contribution in [1.29, 1.82) is 0 Å². The zero-order valence-electron chi connectivity index (χ0n) is 37.0. The number of nitrogens with zero attached hydrogens (tertiary/aromatic N) is 4. The van der Waals surface area contributed by atoms with Crippen LogP contribution in [-0.2, 0) is 39.7 Å². The van der Waals surface area contributed by atoms with Gasteiger partial charge in [0.15, 0.2) is 17.7 Å². The number of benzene rings is 1. The van der Waals surface area contributed by atoms with Crippen molar-refractivity contribution in [2.45, 2.75) is 154 Å². The Morgan fingerprint density at radius 1 is 1.07 bits per heavy atom. The van der Waals surface area contributed by atoms with E-state index in [0.29, 0.717) is 25.9 Å². The van der Waals surface area contributed by atoms with E-state index in [1.54, 1.807) is 32.0 Å². The highest BCUT2D eigenvalue weighted by atomic mass is 19.1. The van der Waals surface area contributed by atoms with Crippen LogP contribution < -0.4 is 5.73 Å². The number of ether oxygens (including phenoxy) is 5. The minimum Gasteiger partial charge on any atom is -0.456 e. The van der Waals surface area contributed by atoms with E-state index < -0.39 is 83.2 Å². The molecule has 2 aromatic rings. The van der Waals surface area contributed by atoms with Crippen LogP contribution in [0.2, 0.25) is 0 Å². The molecule has 1 amide bonds. The van der Waals surface area contributed by atoms with Gasteiger partial charge in [0.2, 0.25) is 0 Å². The number of hydrogen-bond acceptors (Lipinski definition) is 13. The molecule has 2 unspecified atom stereocenters. The fourth-order valence-electron chi connectivity index (χ4n) is 9.73. The molecule has 3 fully saturated rings. The van der Waals surface area contributed by atoms with Gasteiger partial charge in [0.05, 0.1) is 29.4 Å². The minimum absolute atomic E-state index is 0.214. The second-order valence-electron chi connectivity index (χ2n) is 17.9. The number of rotatable bonds is 10. The number of methoxy groups -OCH3 is 1. The normalized spacial score (nSPS) is 39.0. The number of carbonyl (C=O) groups excluding carboxylic acids is 3. The van der Waals surface area contributed by atoms with Crippen molar-refractivity contribution >= 4 is 28.7 Å². The molecule has 5 rings (SSSR count). The Kier molecular flexibility index (Phi) is 14.5. The van der Waals surface area contributed by atoms with Gasteiger partial charge in [-0.2, -0.15) is 0 Å². The van der Waals surface area contributed by atoms with Crippen molar-refractivity contribution in [3.63, 3.8) is 0 Å². The number of likely N-dealkylation sites (N-methyl/N-ethyl adjacent to an activating group) is 1. The molecule has 1 aromatic carbocycles. The smallest absolute Gasteiger partial charge is 0.425 e. The number of esters is 1. The lowest BCUT2D eigenvalue weighted by molar-refractivity contribution is -0.296. The van der Waals surface area contributed by atoms with Crippen molar-refractivity contribution in [2.24, 2.45) is 23.5 Å². The van der Waals surface area contributed by atoms with Gasteiger partial charge in [-0.25, -0.2) is 24.0 Å². The zero-order valence-corrected chi connectivity index (χ0v) is 37.0. The molecule has 330 valence electrons. The van der Waals surface area contributed by atoms with Gasteiger partial charge < -0.3 is 39.4 Å². The van der Waals surface area contributed by atoms with Crippen molar-refractivity contribution in [2.75, 3.05) is 34.3 Å². The number of alkyl halides is 1. The van der Waals surface area contributed by atoms with Gasteiger partial charge in [-0.1, -0.05) is 45.9 Å². The average Bonchev–Trinajstić information content (AvgIpc) is 3.47. The Hall–Kier alpha value is -3.31. The molecule has 0 spiro atoms. The average molecular weight is 830 g/mol. The number of halogens is 1. The molecule has 14 atom stereocenters. The quantitative estimate of drug-likeness (QED) is 0.241. The summed E-state index contributed by atoms with van der Waals surface area (Å²) in [5, 5.41) is 16.0. The van der Waals surface area contributed by atoms with Crippen LogP contribution in [0.5, 0.6) is 0 Å². The number of amides is 1. The Morgan fingerprint density at radius 3 is 2.41 bits per heavy atom. The van der Waals surface area contributed by atoms with E-state index in [2.05, 4.69) is 11.1 Å². The van der Waals surface area contributed by atoms with Crippen LogP contribution in [0.1, 0.15) is 87.1 Å². The van der Waals surface area contributed by atoms with Crippen LogP contribution in [0.3, 0.4) is 0 Å². The third-order valence-electron chi connectivity index (χ3n) is 13.5. The molecule has 15 heteroatoms. The predicted octanol–water partition coefficient (Wildman–Crippen LogP) is 5.07. The lowest BCUT2D eigenvalue weighted by Gasteiger charge is -2.48. The second kappa shape index (κ2) is 18.3. The number of ketones is 1. The molecule has 3 aliphatic rings. The maximum Gasteiger partial charge on any atom is 0.425 e. The molecule has 59 heavy (non-hydrogen) atoms. The maximum atomic E-state index is 16.9. The molecule has 3 aliphatic heterocycles. The highest BCUT2D eigenvalue weighted by Crippen LogP contribution is 2.44. The number of hydrogen-bond donors (Lipinski definition) is 2. The van der Waals surface area contributed by atoms with Gasteiger partial charge in [-0.15, -0.1) is 0 Å². The summed E-state index contributed by atoms with van der Waals surface area (Å²) in [4.78, 5) is 48.7. The second-order valence-corrected chi connectivity index (χ2v) is 17.9. The molecule has 4 heterocycles. The number of nitrogens with two attached hydrogens (primary N) is 1. The molecular formula is C44H68FN5O9. The van der Waals surface area contributed by atoms with Crippen LogP contribution in [0.15, 0.2) is 36.5 Å². The Bertz CT molecular complexity index is 1800. The molecule has 14 nitrogen and oxygen atoms in total. The highest BCUT2D eigenvalue weighted by Gasteiger charge is 2.62.